The van der Waals surface area contributed by atoms with Crippen LogP contribution in [0.4, 0.5) is 0 Å². The quantitative estimate of drug-likeness (QED) is 0.165. The number of nitrogens with zero attached hydrogens (tertiary/aromatic N) is 1. The van der Waals surface area contributed by atoms with E-state index in [0.29, 0.717) is 57.4 Å². The molecule has 1 aliphatic heterocycles. The van der Waals surface area contributed by atoms with E-state index in [-0.39, 0.29) is 23.5 Å². The summed E-state index contributed by atoms with van der Waals surface area (Å²) in [7, 11) is 6.28. The van der Waals surface area contributed by atoms with Crippen LogP contribution in [0.25, 0.3) is 5.70 Å². The number of rotatable bonds is 12. The lowest BCUT2D eigenvalue weighted by atomic mass is 9.99. The summed E-state index contributed by atoms with van der Waals surface area (Å²) in [4.78, 5) is 13.3. The van der Waals surface area contributed by atoms with Crippen LogP contribution in [0.15, 0.2) is 54.6 Å². The predicted octanol–water partition coefficient (Wildman–Crippen LogP) is 7.65. The van der Waals surface area contributed by atoms with Crippen molar-refractivity contribution < 1.29 is 38.4 Å². The van der Waals surface area contributed by atoms with Crippen molar-refractivity contribution in [3.63, 3.8) is 0 Å². The van der Waals surface area contributed by atoms with Crippen molar-refractivity contribution in [2.24, 2.45) is 0 Å². The van der Waals surface area contributed by atoms with Gasteiger partial charge in [-0.3, -0.25) is 10.0 Å². The molecule has 9 nitrogen and oxygen atoms in total. The van der Waals surface area contributed by atoms with E-state index < -0.39 is 5.91 Å². The first-order chi connectivity index (χ1) is 20.8. The number of hydrogen-bond acceptors (Lipinski definition) is 8. The van der Waals surface area contributed by atoms with Gasteiger partial charge in [-0.05, 0) is 79.8 Å². The predicted molar refractivity (Wildman–Crippen MR) is 164 cm³/mol. The highest BCUT2D eigenvalue weighted by Crippen LogP contribution is 2.48. The molecule has 230 valence electrons. The van der Waals surface area contributed by atoms with Crippen LogP contribution in [0, 0.1) is 0 Å². The summed E-state index contributed by atoms with van der Waals surface area (Å²) >= 11 is 6.11. The summed E-state index contributed by atoms with van der Waals surface area (Å²) in [5.74, 6) is 1.86. The fourth-order valence-corrected chi connectivity index (χ4v) is 5.35. The highest BCUT2D eigenvalue weighted by molar-refractivity contribution is 6.31. The lowest BCUT2D eigenvalue weighted by Gasteiger charge is -2.24. The Hall–Kier alpha value is -3.92. The van der Waals surface area contributed by atoms with Gasteiger partial charge in [-0.1, -0.05) is 30.7 Å². The van der Waals surface area contributed by atoms with Crippen LogP contribution in [0.5, 0.6) is 28.7 Å². The van der Waals surface area contributed by atoms with Gasteiger partial charge < -0.3 is 28.4 Å². The fraction of sp³-hybridized carbons (Fsp3) is 0.364. The molecule has 43 heavy (non-hydrogen) atoms. The molecule has 0 bridgehead atoms. The summed E-state index contributed by atoms with van der Waals surface area (Å²) in [6.45, 7) is 4.14. The number of carbonyl (C=O) groups excluding carboxylic acids is 1. The van der Waals surface area contributed by atoms with Gasteiger partial charge in [0.1, 0.15) is 0 Å². The SMILES string of the molecule is CC=C(c1cc(C2CCC(c3cc(OC)c(OC)c(OC)c3)O2)cc(OC)c1OCCC)N(O)C(=O)c1cccc(Cl)c1. The number of halogens is 1. The Morgan fingerprint density at radius 1 is 0.930 bits per heavy atom. The Balaban J connectivity index is 1.72. The number of ether oxygens (including phenoxy) is 6. The van der Waals surface area contributed by atoms with Gasteiger partial charge in [-0.15, -0.1) is 0 Å². The number of allylic oxidation sites excluding steroid dienone is 1. The monoisotopic (exact) mass is 611 g/mol. The maximum absolute atomic E-state index is 13.3. The van der Waals surface area contributed by atoms with Gasteiger partial charge in [0, 0.05) is 16.1 Å². The van der Waals surface area contributed by atoms with Crippen LogP contribution in [0.1, 0.15) is 72.4 Å². The molecule has 2 unspecified atom stereocenters. The third-order valence-corrected chi connectivity index (χ3v) is 7.47. The third-order valence-electron chi connectivity index (χ3n) is 7.24. The van der Waals surface area contributed by atoms with E-state index in [0.717, 1.165) is 24.0 Å². The number of amides is 1. The topological polar surface area (TPSA) is 95.9 Å². The van der Waals surface area contributed by atoms with Crippen LogP contribution >= 0.6 is 11.6 Å². The maximum atomic E-state index is 13.3. The molecule has 0 radical (unpaired) electrons. The van der Waals surface area contributed by atoms with Crippen molar-refractivity contribution in [2.75, 3.05) is 35.0 Å². The van der Waals surface area contributed by atoms with Crippen molar-refractivity contribution in [3.05, 3.63) is 81.9 Å². The zero-order valence-electron chi connectivity index (χ0n) is 25.3. The first-order valence-electron chi connectivity index (χ1n) is 14.1. The van der Waals surface area contributed by atoms with Gasteiger partial charge in [0.25, 0.3) is 5.91 Å². The van der Waals surface area contributed by atoms with Gasteiger partial charge in [-0.2, -0.15) is 5.06 Å². The van der Waals surface area contributed by atoms with Crippen LogP contribution in [-0.2, 0) is 4.74 Å². The Morgan fingerprint density at radius 3 is 2.02 bits per heavy atom. The molecule has 1 saturated heterocycles. The van der Waals surface area contributed by atoms with E-state index in [1.807, 2.05) is 31.2 Å². The van der Waals surface area contributed by atoms with Crippen molar-refractivity contribution in [3.8, 4) is 28.7 Å². The second kappa shape index (κ2) is 14.5. The van der Waals surface area contributed by atoms with Crippen molar-refractivity contribution in [1.29, 1.82) is 0 Å². The molecule has 0 spiro atoms. The highest BCUT2D eigenvalue weighted by atomic mass is 35.5. The number of methoxy groups -OCH3 is 4. The molecule has 0 aromatic heterocycles. The van der Waals surface area contributed by atoms with Gasteiger partial charge in [0.2, 0.25) is 5.75 Å². The Bertz CT molecular complexity index is 1450. The largest absolute Gasteiger partial charge is 0.493 e. The molecule has 1 N–H and O–H groups in total. The molecular formula is C33H38ClNO8. The summed E-state index contributed by atoms with van der Waals surface area (Å²) in [5.41, 5.74) is 2.67. The van der Waals surface area contributed by atoms with E-state index in [4.69, 9.17) is 40.0 Å². The van der Waals surface area contributed by atoms with Crippen molar-refractivity contribution >= 4 is 23.2 Å². The molecule has 1 heterocycles. The second-order valence-electron chi connectivity index (χ2n) is 9.90. The van der Waals surface area contributed by atoms with E-state index >= 15 is 0 Å². The fourth-order valence-electron chi connectivity index (χ4n) is 5.16. The smallest absolute Gasteiger partial charge is 0.282 e. The van der Waals surface area contributed by atoms with E-state index in [1.54, 1.807) is 59.6 Å². The van der Waals surface area contributed by atoms with Crippen molar-refractivity contribution in [2.45, 2.75) is 45.3 Å². The van der Waals surface area contributed by atoms with Crippen LogP contribution in [0.2, 0.25) is 5.02 Å². The average Bonchev–Trinajstić information content (AvgIpc) is 3.53. The van der Waals surface area contributed by atoms with Crippen LogP contribution < -0.4 is 23.7 Å². The van der Waals surface area contributed by atoms with Gasteiger partial charge in [-0.25, -0.2) is 0 Å². The molecule has 4 rings (SSSR count). The van der Waals surface area contributed by atoms with Gasteiger partial charge >= 0.3 is 0 Å². The number of hydroxylamine groups is 2. The van der Waals surface area contributed by atoms with Crippen LogP contribution in [0.3, 0.4) is 0 Å². The molecule has 1 fully saturated rings. The molecule has 10 heteroatoms. The van der Waals surface area contributed by atoms with Gasteiger partial charge in [0.15, 0.2) is 23.0 Å². The average molecular weight is 612 g/mol. The second-order valence-corrected chi connectivity index (χ2v) is 10.3. The number of benzene rings is 3. The first kappa shape index (κ1) is 32.0. The Labute approximate surface area is 257 Å². The molecule has 3 aromatic rings. The van der Waals surface area contributed by atoms with E-state index in [9.17, 15) is 10.0 Å². The molecule has 2 atom stereocenters. The minimum absolute atomic E-state index is 0.232. The minimum atomic E-state index is -0.638. The zero-order valence-corrected chi connectivity index (χ0v) is 26.1. The molecule has 0 saturated carbocycles. The van der Waals surface area contributed by atoms with Crippen LogP contribution in [-0.4, -0.2) is 51.2 Å². The molecule has 0 aliphatic carbocycles. The lowest BCUT2D eigenvalue weighted by molar-refractivity contribution is -0.0114. The summed E-state index contributed by atoms with van der Waals surface area (Å²) in [5, 5.41) is 12.2. The van der Waals surface area contributed by atoms with E-state index in [2.05, 4.69) is 0 Å². The molecule has 3 aromatic carbocycles. The van der Waals surface area contributed by atoms with Crippen molar-refractivity contribution in [1.82, 2.24) is 5.06 Å². The summed E-state index contributed by atoms with van der Waals surface area (Å²) in [6, 6.07) is 13.9. The Morgan fingerprint density at radius 2 is 1.51 bits per heavy atom. The summed E-state index contributed by atoms with van der Waals surface area (Å²) < 4.78 is 35.0. The highest BCUT2D eigenvalue weighted by Gasteiger charge is 2.32. The summed E-state index contributed by atoms with van der Waals surface area (Å²) in [6.07, 6.45) is 3.32. The molecule has 1 amide bonds. The number of hydrogen-bond donors (Lipinski definition) is 1. The van der Waals surface area contributed by atoms with E-state index in [1.165, 1.54) is 6.07 Å². The first-order valence-corrected chi connectivity index (χ1v) is 14.4. The van der Waals surface area contributed by atoms with Gasteiger partial charge in [0.05, 0.1) is 53.0 Å². The lowest BCUT2D eigenvalue weighted by Crippen LogP contribution is -2.26. The maximum Gasteiger partial charge on any atom is 0.282 e. The Kier molecular flexibility index (Phi) is 10.8. The standard InChI is InChI=1S/C33H38ClNO8/c1-7-14-42-31-24(25(8-2)35(37)33(36)20-10-9-11-23(34)15-20)16-21(17-28(31)38-3)26-12-13-27(43-26)22-18-29(39-4)32(41-6)30(19-22)40-5/h8-11,15-19,26-27,37H,7,12-14H2,1-6H3. The normalized spacial score (nSPS) is 16.5. The third kappa shape index (κ3) is 6.85. The molecule has 1 aliphatic rings. The zero-order chi connectivity index (χ0) is 31.1. The minimum Gasteiger partial charge on any atom is -0.493 e. The number of carbonyl (C=O) groups is 1. The molecular weight excluding hydrogens is 574 g/mol.